The summed E-state index contributed by atoms with van der Waals surface area (Å²) in [6.45, 7) is 1.56. The molecule has 68 valence electrons. The molecule has 0 saturated carbocycles. The molecule has 0 spiro atoms. The van der Waals surface area contributed by atoms with Crippen molar-refractivity contribution in [2.75, 3.05) is 0 Å². The average Bonchev–Trinajstić information content (AvgIpc) is 2.51. The predicted octanol–water partition coefficient (Wildman–Crippen LogP) is 0.0783. The summed E-state index contributed by atoms with van der Waals surface area (Å²) in [4.78, 5) is 23.9. The van der Waals surface area contributed by atoms with Gasteiger partial charge < -0.3 is 10.3 Å². The number of nitrogens with one attached hydrogen (secondary N) is 2. The van der Waals surface area contributed by atoms with Crippen LogP contribution in [-0.2, 0) is 0 Å². The topological polar surface area (TPSA) is 85.8 Å². The molecule has 5 nitrogen and oxygen atoms in total. The van der Waals surface area contributed by atoms with E-state index in [0.29, 0.717) is 0 Å². The molecule has 1 aromatic rings. The minimum Gasteiger partial charge on any atom is -0.335 e. The van der Waals surface area contributed by atoms with Crippen molar-refractivity contribution in [1.82, 2.24) is 10.3 Å². The van der Waals surface area contributed by atoms with Gasteiger partial charge in [-0.25, -0.2) is 0 Å². The third kappa shape index (κ3) is 2.42. The molecule has 0 aliphatic rings. The number of amides is 1. The lowest BCUT2D eigenvalue weighted by atomic mass is 10.3. The summed E-state index contributed by atoms with van der Waals surface area (Å²) in [5.74, 6) is -0.438. The van der Waals surface area contributed by atoms with Gasteiger partial charge in [-0.2, -0.15) is 5.26 Å². The number of aromatic nitrogens is 1. The van der Waals surface area contributed by atoms with E-state index in [1.54, 1.807) is 6.92 Å². The number of carbonyl (C=O) groups is 1. The van der Waals surface area contributed by atoms with Gasteiger partial charge in [-0.15, -0.1) is 0 Å². The van der Waals surface area contributed by atoms with Crippen LogP contribution in [0.3, 0.4) is 0 Å². The number of hydrogen-bond donors (Lipinski definition) is 2. The van der Waals surface area contributed by atoms with Crippen molar-refractivity contribution >= 4 is 17.2 Å². The Bertz CT molecular complexity index is 400. The molecule has 0 saturated heterocycles. The summed E-state index contributed by atoms with van der Waals surface area (Å²) < 4.78 is 0. The molecule has 1 heterocycles. The van der Waals surface area contributed by atoms with E-state index in [0.717, 1.165) is 11.3 Å². The number of thiazole rings is 1. The first-order chi connectivity index (χ1) is 6.13. The van der Waals surface area contributed by atoms with Gasteiger partial charge in [0.25, 0.3) is 5.91 Å². The maximum Gasteiger partial charge on any atom is 0.305 e. The van der Waals surface area contributed by atoms with Crippen molar-refractivity contribution in [3.63, 3.8) is 0 Å². The van der Waals surface area contributed by atoms with Gasteiger partial charge in [-0.1, -0.05) is 11.3 Å². The van der Waals surface area contributed by atoms with Crippen LogP contribution in [0.1, 0.15) is 17.4 Å². The second-order valence-corrected chi connectivity index (χ2v) is 3.23. The molecule has 0 bridgehead atoms. The fraction of sp³-hybridized carbons (Fsp3) is 0.286. The number of aromatic amines is 1. The highest BCUT2D eigenvalue weighted by Crippen LogP contribution is 1.95. The highest BCUT2D eigenvalue weighted by atomic mass is 32.1. The van der Waals surface area contributed by atoms with E-state index in [2.05, 4.69) is 10.3 Å². The summed E-state index contributed by atoms with van der Waals surface area (Å²) in [7, 11) is 0. The lowest BCUT2D eigenvalue weighted by molar-refractivity contribution is 0.0943. The summed E-state index contributed by atoms with van der Waals surface area (Å²) >= 11 is 0.913. The molecule has 1 unspecified atom stereocenters. The lowest BCUT2D eigenvalue weighted by Gasteiger charge is -2.02. The Morgan fingerprint density at radius 3 is 3.00 bits per heavy atom. The predicted molar refractivity (Wildman–Crippen MR) is 47.5 cm³/mol. The molecule has 0 aliphatic heterocycles. The van der Waals surface area contributed by atoms with Crippen LogP contribution in [0.4, 0.5) is 0 Å². The number of hydrogen-bond acceptors (Lipinski definition) is 4. The molecule has 1 amide bonds. The van der Waals surface area contributed by atoms with Gasteiger partial charge >= 0.3 is 4.87 Å². The van der Waals surface area contributed by atoms with Gasteiger partial charge in [0.1, 0.15) is 11.7 Å². The molecule has 0 aliphatic carbocycles. The summed E-state index contributed by atoms with van der Waals surface area (Å²) in [5.41, 5.74) is 0.192. The minimum atomic E-state index is -0.559. The van der Waals surface area contributed by atoms with Crippen molar-refractivity contribution in [1.29, 1.82) is 5.26 Å². The van der Waals surface area contributed by atoms with Crippen molar-refractivity contribution in [2.24, 2.45) is 0 Å². The average molecular weight is 197 g/mol. The molecule has 1 aromatic heterocycles. The molecule has 6 heteroatoms. The standard InChI is InChI=1S/C7H7N3O2S/c1-4(2-8)9-6(11)5-3-13-7(12)10-5/h3-4H,1H3,(H,9,11)(H,10,12). The number of carbonyl (C=O) groups excluding carboxylic acids is 1. The van der Waals surface area contributed by atoms with Crippen LogP contribution in [0.5, 0.6) is 0 Å². The Balaban J connectivity index is 2.71. The van der Waals surface area contributed by atoms with Gasteiger partial charge in [-0.3, -0.25) is 9.59 Å². The van der Waals surface area contributed by atoms with Gasteiger partial charge in [-0.05, 0) is 6.92 Å². The van der Waals surface area contributed by atoms with E-state index in [1.165, 1.54) is 5.38 Å². The van der Waals surface area contributed by atoms with E-state index < -0.39 is 11.9 Å². The normalized spacial score (nSPS) is 11.7. The number of nitrogens with zero attached hydrogens (tertiary/aromatic N) is 1. The van der Waals surface area contributed by atoms with Crippen molar-refractivity contribution < 1.29 is 4.79 Å². The first kappa shape index (κ1) is 9.48. The van der Waals surface area contributed by atoms with Crippen LogP contribution in [-0.4, -0.2) is 16.9 Å². The van der Waals surface area contributed by atoms with E-state index in [-0.39, 0.29) is 10.6 Å². The summed E-state index contributed by atoms with van der Waals surface area (Å²) in [5, 5.41) is 12.2. The Labute approximate surface area is 78.0 Å². The first-order valence-corrected chi connectivity index (χ1v) is 4.39. The molecule has 0 fully saturated rings. The van der Waals surface area contributed by atoms with Crippen LogP contribution in [0.25, 0.3) is 0 Å². The van der Waals surface area contributed by atoms with E-state index in [9.17, 15) is 9.59 Å². The zero-order valence-corrected chi connectivity index (χ0v) is 7.64. The van der Waals surface area contributed by atoms with Gasteiger partial charge in [0.2, 0.25) is 0 Å². The van der Waals surface area contributed by atoms with Crippen molar-refractivity contribution in [3.8, 4) is 6.07 Å². The lowest BCUT2D eigenvalue weighted by Crippen LogP contribution is -2.31. The number of nitriles is 1. The molecule has 2 N–H and O–H groups in total. The molecule has 13 heavy (non-hydrogen) atoms. The highest BCUT2D eigenvalue weighted by molar-refractivity contribution is 7.07. The second-order valence-electron chi connectivity index (χ2n) is 2.39. The maximum atomic E-state index is 11.2. The Kier molecular flexibility index (Phi) is 2.82. The van der Waals surface area contributed by atoms with Crippen LogP contribution in [0.15, 0.2) is 10.2 Å². The van der Waals surface area contributed by atoms with Crippen molar-refractivity contribution in [2.45, 2.75) is 13.0 Å². The third-order valence-corrected chi connectivity index (χ3v) is 1.98. The Hall–Kier alpha value is -1.61. The molecule has 0 aromatic carbocycles. The van der Waals surface area contributed by atoms with Gasteiger partial charge in [0.15, 0.2) is 0 Å². The SMILES string of the molecule is CC(C#N)NC(=O)c1csc(=O)[nH]1. The zero-order chi connectivity index (χ0) is 9.84. The van der Waals surface area contributed by atoms with Crippen LogP contribution >= 0.6 is 11.3 Å². The van der Waals surface area contributed by atoms with E-state index in [4.69, 9.17) is 5.26 Å². The molecule has 1 atom stereocenters. The largest absolute Gasteiger partial charge is 0.335 e. The fourth-order valence-corrected chi connectivity index (χ4v) is 1.26. The van der Waals surface area contributed by atoms with Crippen molar-refractivity contribution in [3.05, 3.63) is 20.7 Å². The Morgan fingerprint density at radius 1 is 1.85 bits per heavy atom. The number of H-pyrrole nitrogens is 1. The van der Waals surface area contributed by atoms with Crippen LogP contribution in [0, 0.1) is 11.3 Å². The Morgan fingerprint density at radius 2 is 2.54 bits per heavy atom. The minimum absolute atomic E-state index is 0.192. The van der Waals surface area contributed by atoms with Crippen LogP contribution < -0.4 is 10.2 Å². The smallest absolute Gasteiger partial charge is 0.305 e. The first-order valence-electron chi connectivity index (χ1n) is 3.52. The van der Waals surface area contributed by atoms with Gasteiger partial charge in [0.05, 0.1) is 6.07 Å². The molecular weight excluding hydrogens is 190 g/mol. The highest BCUT2D eigenvalue weighted by Gasteiger charge is 2.10. The molecule has 1 rings (SSSR count). The summed E-state index contributed by atoms with van der Waals surface area (Å²) in [6, 6.07) is 1.29. The quantitative estimate of drug-likeness (QED) is 0.703. The van der Waals surface area contributed by atoms with E-state index >= 15 is 0 Å². The number of rotatable bonds is 2. The molecule has 0 radical (unpaired) electrons. The summed E-state index contributed by atoms with van der Waals surface area (Å²) in [6.07, 6.45) is 0. The second kappa shape index (κ2) is 3.87. The molecular formula is C7H7N3O2S. The fourth-order valence-electron chi connectivity index (χ4n) is 0.698. The van der Waals surface area contributed by atoms with E-state index in [1.807, 2.05) is 6.07 Å². The monoisotopic (exact) mass is 197 g/mol. The maximum absolute atomic E-state index is 11.2. The van der Waals surface area contributed by atoms with Gasteiger partial charge in [0, 0.05) is 5.38 Å². The zero-order valence-electron chi connectivity index (χ0n) is 6.83. The van der Waals surface area contributed by atoms with Crippen LogP contribution in [0.2, 0.25) is 0 Å². The third-order valence-electron chi connectivity index (χ3n) is 1.31.